The molecule has 2 aromatic heterocycles. The van der Waals surface area contributed by atoms with Gasteiger partial charge in [-0.15, -0.1) is 0 Å². The number of carbonyl (C=O) groups is 1. The van der Waals surface area contributed by atoms with Crippen molar-refractivity contribution in [3.05, 3.63) is 77.9 Å². The van der Waals surface area contributed by atoms with Gasteiger partial charge in [0.15, 0.2) is 17.0 Å². The molecule has 0 spiro atoms. The summed E-state index contributed by atoms with van der Waals surface area (Å²) < 4.78 is 1.91. The zero-order valence-corrected chi connectivity index (χ0v) is 16.7. The Morgan fingerprint density at radius 1 is 1.10 bits per heavy atom. The van der Waals surface area contributed by atoms with Gasteiger partial charge in [0, 0.05) is 18.2 Å². The van der Waals surface area contributed by atoms with E-state index < -0.39 is 0 Å². The van der Waals surface area contributed by atoms with Gasteiger partial charge in [0.2, 0.25) is 0 Å². The highest BCUT2D eigenvalue weighted by Gasteiger charge is 2.24. The van der Waals surface area contributed by atoms with E-state index in [2.05, 4.69) is 37.7 Å². The van der Waals surface area contributed by atoms with Crippen LogP contribution in [-0.4, -0.2) is 31.5 Å². The third-order valence-corrected chi connectivity index (χ3v) is 5.28. The van der Waals surface area contributed by atoms with E-state index in [9.17, 15) is 4.79 Å². The average molecular weight is 398 g/mol. The number of aryl methyl sites for hydroxylation is 1. The molecule has 2 N–H and O–H groups in total. The second kappa shape index (κ2) is 7.59. The molecule has 7 heteroatoms. The molecule has 0 atom stereocenters. The Labute approximate surface area is 174 Å². The van der Waals surface area contributed by atoms with Crippen LogP contribution in [0.1, 0.15) is 34.3 Å². The molecule has 0 aliphatic heterocycles. The first-order valence-electron chi connectivity index (χ1n) is 10.1. The van der Waals surface area contributed by atoms with E-state index in [1.807, 2.05) is 47.9 Å². The molecule has 0 saturated heterocycles. The van der Waals surface area contributed by atoms with E-state index in [1.54, 1.807) is 6.33 Å². The van der Waals surface area contributed by atoms with Crippen LogP contribution in [-0.2, 0) is 6.54 Å². The number of fused-ring (bicyclic) bond motifs is 1. The van der Waals surface area contributed by atoms with Crippen molar-refractivity contribution < 1.29 is 4.79 Å². The minimum Gasteiger partial charge on any atom is -0.364 e. The highest BCUT2D eigenvalue weighted by molar-refractivity contribution is 5.95. The molecule has 0 bridgehead atoms. The number of nitrogens with one attached hydrogen (secondary N) is 2. The Hall–Kier alpha value is -3.74. The van der Waals surface area contributed by atoms with E-state index >= 15 is 0 Å². The maximum atomic E-state index is 12.5. The van der Waals surface area contributed by atoms with Crippen molar-refractivity contribution >= 4 is 22.9 Å². The fraction of sp³-hybridized carbons (Fsp3) is 0.217. The number of anilines is 1. The molecule has 1 fully saturated rings. The summed E-state index contributed by atoms with van der Waals surface area (Å²) in [6.07, 6.45) is 5.39. The first kappa shape index (κ1) is 18.3. The number of rotatable bonds is 6. The van der Waals surface area contributed by atoms with Gasteiger partial charge in [-0.2, -0.15) is 0 Å². The van der Waals surface area contributed by atoms with Gasteiger partial charge in [0.25, 0.3) is 5.91 Å². The number of carbonyl (C=O) groups excluding carboxylic acids is 1. The van der Waals surface area contributed by atoms with Crippen molar-refractivity contribution in [2.75, 3.05) is 5.32 Å². The highest BCUT2D eigenvalue weighted by Crippen LogP contribution is 2.25. The maximum Gasteiger partial charge on any atom is 0.251 e. The van der Waals surface area contributed by atoms with E-state index in [0.29, 0.717) is 35.1 Å². The quantitative estimate of drug-likeness (QED) is 0.518. The average Bonchev–Trinajstić information content (AvgIpc) is 3.48. The zero-order chi connectivity index (χ0) is 20.5. The monoisotopic (exact) mass is 398 g/mol. The molecule has 1 aliphatic carbocycles. The Morgan fingerprint density at radius 2 is 1.93 bits per heavy atom. The zero-order valence-electron chi connectivity index (χ0n) is 16.7. The molecule has 150 valence electrons. The molecule has 7 nitrogen and oxygen atoms in total. The van der Waals surface area contributed by atoms with Crippen molar-refractivity contribution in [1.29, 1.82) is 0 Å². The smallest absolute Gasteiger partial charge is 0.251 e. The van der Waals surface area contributed by atoms with Crippen LogP contribution in [0.4, 0.5) is 5.82 Å². The largest absolute Gasteiger partial charge is 0.364 e. The summed E-state index contributed by atoms with van der Waals surface area (Å²) in [6, 6.07) is 16.2. The second-order valence-corrected chi connectivity index (χ2v) is 7.60. The summed E-state index contributed by atoms with van der Waals surface area (Å²) in [4.78, 5) is 25.9. The lowest BCUT2D eigenvalue weighted by atomic mass is 10.1. The number of benzene rings is 2. The van der Waals surface area contributed by atoms with Gasteiger partial charge in [-0.1, -0.05) is 36.4 Å². The predicted octanol–water partition coefficient (Wildman–Crippen LogP) is 3.63. The van der Waals surface area contributed by atoms with Crippen molar-refractivity contribution in [2.45, 2.75) is 32.4 Å². The van der Waals surface area contributed by atoms with Gasteiger partial charge < -0.3 is 10.6 Å². The standard InChI is InChI=1S/C23H22N6O/c1-15-7-8-17(23(30)28-18-9-10-18)11-19(15)29-14-27-20-21(25-13-26-22(20)29)24-12-16-5-3-2-4-6-16/h2-8,11,13-14,18H,9-10,12H2,1H3,(H,28,30)(H,24,25,26). The normalized spacial score (nSPS) is 13.4. The van der Waals surface area contributed by atoms with Crippen LogP contribution in [0.3, 0.4) is 0 Å². The number of amides is 1. The van der Waals surface area contributed by atoms with Crippen LogP contribution in [0.15, 0.2) is 61.2 Å². The number of hydrogen-bond donors (Lipinski definition) is 2. The molecule has 2 heterocycles. The maximum absolute atomic E-state index is 12.5. The molecule has 2 aromatic carbocycles. The van der Waals surface area contributed by atoms with Crippen molar-refractivity contribution in [3.63, 3.8) is 0 Å². The van der Waals surface area contributed by atoms with Gasteiger partial charge in [0.05, 0.1) is 5.69 Å². The van der Waals surface area contributed by atoms with E-state index in [-0.39, 0.29) is 5.91 Å². The van der Waals surface area contributed by atoms with Crippen LogP contribution < -0.4 is 10.6 Å². The summed E-state index contributed by atoms with van der Waals surface area (Å²) in [7, 11) is 0. The fourth-order valence-corrected chi connectivity index (χ4v) is 3.43. The molecular weight excluding hydrogens is 376 g/mol. The SMILES string of the molecule is Cc1ccc(C(=O)NC2CC2)cc1-n1cnc2c(NCc3ccccc3)ncnc21. The van der Waals surface area contributed by atoms with Gasteiger partial charge in [0.1, 0.15) is 12.7 Å². The topological polar surface area (TPSA) is 84.7 Å². The Bertz CT molecular complexity index is 1210. The summed E-state index contributed by atoms with van der Waals surface area (Å²) in [5.41, 5.74) is 5.11. The van der Waals surface area contributed by atoms with Crippen molar-refractivity contribution in [2.24, 2.45) is 0 Å². The van der Waals surface area contributed by atoms with E-state index in [1.165, 1.54) is 6.33 Å². The lowest BCUT2D eigenvalue weighted by Crippen LogP contribution is -2.25. The molecular formula is C23H22N6O. The Kier molecular flexibility index (Phi) is 4.63. The number of imidazole rings is 1. The summed E-state index contributed by atoms with van der Waals surface area (Å²) in [6.45, 7) is 2.66. The van der Waals surface area contributed by atoms with Crippen LogP contribution in [0.2, 0.25) is 0 Å². The minimum absolute atomic E-state index is 0.0389. The molecule has 5 rings (SSSR count). The van der Waals surface area contributed by atoms with Crippen LogP contribution in [0.25, 0.3) is 16.9 Å². The van der Waals surface area contributed by atoms with Crippen LogP contribution >= 0.6 is 0 Å². The molecule has 30 heavy (non-hydrogen) atoms. The number of aromatic nitrogens is 4. The van der Waals surface area contributed by atoms with Crippen molar-refractivity contribution in [3.8, 4) is 5.69 Å². The van der Waals surface area contributed by atoms with Gasteiger partial charge in [-0.05, 0) is 43.0 Å². The molecule has 0 radical (unpaired) electrons. The first-order chi connectivity index (χ1) is 14.7. The Balaban J connectivity index is 1.47. The third-order valence-electron chi connectivity index (χ3n) is 5.28. The predicted molar refractivity (Wildman–Crippen MR) is 116 cm³/mol. The van der Waals surface area contributed by atoms with Gasteiger partial charge in [-0.3, -0.25) is 9.36 Å². The summed E-state index contributed by atoms with van der Waals surface area (Å²) in [5.74, 6) is 0.644. The van der Waals surface area contributed by atoms with Crippen molar-refractivity contribution in [1.82, 2.24) is 24.8 Å². The fourth-order valence-electron chi connectivity index (χ4n) is 3.43. The van der Waals surface area contributed by atoms with Crippen LogP contribution in [0, 0.1) is 6.92 Å². The summed E-state index contributed by atoms with van der Waals surface area (Å²) in [5, 5.41) is 6.39. The highest BCUT2D eigenvalue weighted by atomic mass is 16.1. The molecule has 1 amide bonds. The number of hydrogen-bond acceptors (Lipinski definition) is 5. The van der Waals surface area contributed by atoms with E-state index in [4.69, 9.17) is 0 Å². The van der Waals surface area contributed by atoms with E-state index in [0.717, 1.165) is 29.7 Å². The molecule has 0 unspecified atom stereocenters. The first-order valence-corrected chi connectivity index (χ1v) is 10.1. The molecule has 1 aliphatic rings. The lowest BCUT2D eigenvalue weighted by molar-refractivity contribution is 0.0951. The number of nitrogens with zero attached hydrogens (tertiary/aromatic N) is 4. The molecule has 4 aromatic rings. The second-order valence-electron chi connectivity index (χ2n) is 7.60. The Morgan fingerprint density at radius 3 is 2.73 bits per heavy atom. The molecule has 1 saturated carbocycles. The van der Waals surface area contributed by atoms with Crippen LogP contribution in [0.5, 0.6) is 0 Å². The third kappa shape index (κ3) is 3.61. The minimum atomic E-state index is -0.0389. The van der Waals surface area contributed by atoms with Gasteiger partial charge >= 0.3 is 0 Å². The van der Waals surface area contributed by atoms with Gasteiger partial charge in [-0.25, -0.2) is 15.0 Å². The summed E-state index contributed by atoms with van der Waals surface area (Å²) >= 11 is 0. The lowest BCUT2D eigenvalue weighted by Gasteiger charge is -2.11.